The molecular weight excluding hydrogens is 941 g/mol. The van der Waals surface area contributed by atoms with Crippen molar-refractivity contribution in [1.29, 1.82) is 0 Å². The Morgan fingerprint density at radius 2 is 0.705 bits per heavy atom. The van der Waals surface area contributed by atoms with Crippen LogP contribution in [0.5, 0.6) is 0 Å². The molecule has 15 rings (SSSR count). The summed E-state index contributed by atoms with van der Waals surface area (Å²) in [5.41, 5.74) is 23.4. The average Bonchev–Trinajstić information content (AvgIpc) is 1.82. The van der Waals surface area contributed by atoms with Gasteiger partial charge in [-0.25, -0.2) is 0 Å². The Bertz CT molecular complexity index is 4560. The van der Waals surface area contributed by atoms with E-state index in [9.17, 15) is 2.74 Å². The van der Waals surface area contributed by atoms with E-state index in [0.29, 0.717) is 11.4 Å². The van der Waals surface area contributed by atoms with E-state index in [2.05, 4.69) is 231 Å². The second-order valence-electron chi connectivity index (χ2n) is 21.2. The summed E-state index contributed by atoms with van der Waals surface area (Å²) in [7, 11) is 0. The van der Waals surface area contributed by atoms with Crippen molar-refractivity contribution in [3.8, 4) is 66.8 Å². The number of para-hydroxylation sites is 3. The van der Waals surface area contributed by atoms with Gasteiger partial charge in [-0.15, -0.1) is 0 Å². The lowest BCUT2D eigenvalue weighted by Gasteiger charge is -2.35. The van der Waals surface area contributed by atoms with Gasteiger partial charge < -0.3 is 9.80 Å². The topological polar surface area (TPSA) is 6.48 Å². The summed E-state index contributed by atoms with van der Waals surface area (Å²) in [5, 5.41) is 0. The van der Waals surface area contributed by atoms with E-state index in [1.807, 2.05) is 53.4 Å². The molecule has 12 aromatic carbocycles. The number of nitrogens with zero attached hydrogens (tertiary/aromatic N) is 2. The van der Waals surface area contributed by atoms with Gasteiger partial charge in [0, 0.05) is 39.3 Å². The summed E-state index contributed by atoms with van der Waals surface area (Å²) < 4.78 is 46.1. The summed E-state index contributed by atoms with van der Waals surface area (Å²) in [6.45, 7) is 4.68. The fraction of sp³-hybridized carbons (Fsp3) is 0.0526. The predicted molar refractivity (Wildman–Crippen MR) is 326 cm³/mol. The molecule has 2 heteroatoms. The lowest BCUT2D eigenvalue weighted by atomic mass is 9.70. The summed E-state index contributed by atoms with van der Waals surface area (Å²) in [5.74, 6) is 0. The average molecular weight is 1000 g/mol. The summed E-state index contributed by atoms with van der Waals surface area (Å²) in [4.78, 5) is 4.35. The second-order valence-corrected chi connectivity index (χ2v) is 21.2. The molecule has 1 atom stereocenters. The molecule has 368 valence electrons. The fourth-order valence-electron chi connectivity index (χ4n) is 13.3. The first-order valence-corrected chi connectivity index (χ1v) is 26.8. The molecule has 0 N–H and O–H groups in total. The Kier molecular flexibility index (Phi) is 9.32. The van der Waals surface area contributed by atoms with E-state index >= 15 is 0 Å². The molecule has 0 aliphatic heterocycles. The molecule has 78 heavy (non-hydrogen) atoms. The van der Waals surface area contributed by atoms with Gasteiger partial charge in [-0.05, 0) is 168 Å². The molecule has 0 radical (unpaired) electrons. The van der Waals surface area contributed by atoms with Crippen molar-refractivity contribution >= 4 is 34.1 Å². The number of hydrogen-bond acceptors (Lipinski definition) is 2. The monoisotopic (exact) mass is 999 g/mol. The Labute approximate surface area is 464 Å². The van der Waals surface area contributed by atoms with Gasteiger partial charge in [0.1, 0.15) is 0 Å². The summed E-state index contributed by atoms with van der Waals surface area (Å²) >= 11 is 0. The van der Waals surface area contributed by atoms with Crippen LogP contribution in [0.3, 0.4) is 0 Å². The molecule has 12 aromatic rings. The van der Waals surface area contributed by atoms with E-state index in [-0.39, 0.29) is 23.2 Å². The van der Waals surface area contributed by atoms with Crippen LogP contribution in [0.1, 0.15) is 54.1 Å². The van der Waals surface area contributed by atoms with Gasteiger partial charge in [-0.3, -0.25) is 0 Å². The lowest BCUT2D eigenvalue weighted by Crippen LogP contribution is -2.27. The molecule has 1 unspecified atom stereocenters. The molecule has 3 aliphatic rings. The van der Waals surface area contributed by atoms with Crippen LogP contribution >= 0.6 is 0 Å². The zero-order valence-corrected chi connectivity index (χ0v) is 43.2. The normalized spacial score (nSPS) is 15.6. The maximum Gasteiger partial charge on any atom is 0.0727 e. The van der Waals surface area contributed by atoms with Crippen molar-refractivity contribution in [2.75, 3.05) is 9.80 Å². The van der Waals surface area contributed by atoms with E-state index in [1.165, 1.54) is 22.3 Å². The van der Waals surface area contributed by atoms with Gasteiger partial charge in [0.25, 0.3) is 0 Å². The molecule has 0 bridgehead atoms. The maximum atomic E-state index is 9.62. The molecule has 1 spiro atoms. The second kappa shape index (κ2) is 17.9. The number of rotatable bonds is 9. The quantitative estimate of drug-likeness (QED) is 0.142. The van der Waals surface area contributed by atoms with E-state index in [0.717, 1.165) is 95.0 Å². The number of fused-ring (bicyclic) bond motifs is 13. The highest BCUT2D eigenvalue weighted by atomic mass is 15.2. The van der Waals surface area contributed by atoms with Gasteiger partial charge in [0.15, 0.2) is 0 Å². The van der Waals surface area contributed by atoms with Crippen molar-refractivity contribution in [3.05, 3.63) is 324 Å². The first-order chi connectivity index (χ1) is 40.5. The molecule has 2 nitrogen and oxygen atoms in total. The molecule has 0 fully saturated rings. The molecule has 0 saturated carbocycles. The number of anilines is 6. The molecule has 0 amide bonds. The minimum absolute atomic E-state index is 0.0672. The van der Waals surface area contributed by atoms with Crippen molar-refractivity contribution in [1.82, 2.24) is 0 Å². The largest absolute Gasteiger partial charge is 0.310 e. The third kappa shape index (κ3) is 6.89. The summed E-state index contributed by atoms with van der Waals surface area (Å²) in [6, 6.07) is 91.4. The van der Waals surface area contributed by atoms with Crippen LogP contribution in [-0.2, 0) is 10.8 Å². The summed E-state index contributed by atoms with van der Waals surface area (Å²) in [6.07, 6.45) is 0. The van der Waals surface area contributed by atoms with Crippen LogP contribution in [0, 0.1) is 0 Å². The van der Waals surface area contributed by atoms with Crippen LogP contribution < -0.4 is 9.80 Å². The minimum atomic E-state index is -0.939. The highest BCUT2D eigenvalue weighted by molar-refractivity contribution is 6.03. The van der Waals surface area contributed by atoms with Crippen LogP contribution in [0.15, 0.2) is 291 Å². The highest BCUT2D eigenvalue weighted by Crippen LogP contribution is 2.66. The van der Waals surface area contributed by atoms with Crippen LogP contribution in [0.2, 0.25) is 0 Å². The highest BCUT2D eigenvalue weighted by Gasteiger charge is 2.53. The molecule has 3 aliphatic carbocycles. The fourth-order valence-corrected chi connectivity index (χ4v) is 13.3. The van der Waals surface area contributed by atoms with Crippen molar-refractivity contribution in [3.63, 3.8) is 0 Å². The van der Waals surface area contributed by atoms with Crippen LogP contribution in [0.4, 0.5) is 34.1 Å². The van der Waals surface area contributed by atoms with Gasteiger partial charge in [0.2, 0.25) is 0 Å². The van der Waals surface area contributed by atoms with Gasteiger partial charge in [-0.2, -0.15) is 0 Å². The smallest absolute Gasteiger partial charge is 0.0727 e. The molecule has 0 heterocycles. The van der Waals surface area contributed by atoms with Gasteiger partial charge in [0.05, 0.1) is 23.6 Å². The Morgan fingerprint density at radius 3 is 1.28 bits per heavy atom. The van der Waals surface area contributed by atoms with E-state index < -0.39 is 23.5 Å². The third-order valence-corrected chi connectivity index (χ3v) is 16.7. The van der Waals surface area contributed by atoms with Crippen molar-refractivity contribution in [2.24, 2.45) is 0 Å². The molecular formula is C76H54N2. The standard InChI is InChI=1S/C76H54N2/c1-75(2)67-39-23-21-37-59(67)61-43-42-58(46-70(61)75)78(57-35-19-8-20-36-57)74-50-72-66(48-63(74)53-29-13-5-14-30-53)64-45-54(51-25-9-3-10-26-51)41-44-69(64)76(72)68-40-24-22-38-60(68)65-47-62(52-27-11-4-12-28-52)73(49-71(65)76)77(55-31-15-6-16-32-55)56-33-17-7-18-34-56/h3-50H,1-2H3/i6D,15D,16D,31D,32D. The minimum Gasteiger partial charge on any atom is -0.310 e. The van der Waals surface area contributed by atoms with Crippen molar-refractivity contribution < 1.29 is 6.85 Å². The zero-order chi connectivity index (χ0) is 56.3. The third-order valence-electron chi connectivity index (χ3n) is 16.7. The van der Waals surface area contributed by atoms with E-state index in [4.69, 9.17) is 4.11 Å². The van der Waals surface area contributed by atoms with Crippen LogP contribution in [-0.4, -0.2) is 0 Å². The Balaban J connectivity index is 1.08. The first kappa shape index (κ1) is 40.5. The Morgan fingerprint density at radius 1 is 0.269 bits per heavy atom. The molecule has 0 aromatic heterocycles. The van der Waals surface area contributed by atoms with Gasteiger partial charge >= 0.3 is 0 Å². The van der Waals surface area contributed by atoms with E-state index in [1.54, 1.807) is 0 Å². The zero-order valence-electron chi connectivity index (χ0n) is 48.2. The maximum absolute atomic E-state index is 9.62. The van der Waals surface area contributed by atoms with Gasteiger partial charge in [-0.1, -0.05) is 226 Å². The van der Waals surface area contributed by atoms with Crippen LogP contribution in [0.25, 0.3) is 66.8 Å². The molecule has 0 saturated heterocycles. The lowest BCUT2D eigenvalue weighted by molar-refractivity contribution is 0.660. The first-order valence-electron chi connectivity index (χ1n) is 29.3. The van der Waals surface area contributed by atoms with Crippen molar-refractivity contribution in [2.45, 2.75) is 24.7 Å². The number of benzene rings is 12. The Hall–Kier alpha value is -9.76. The number of hydrogen-bond donors (Lipinski definition) is 0. The SMILES string of the molecule is [2H]c1c([2H])c([2H])c(N(c2ccccc2)c2cc3c(cc2-c2ccccc2)-c2ccccc2C32c3ccc(-c4ccccc4)cc3-c3cc(-c4ccccc4)c(N(c4ccccc4)c4ccc5c(c4)C(C)(C)c4ccccc4-5)cc32)c([2H])c1[2H]. The predicted octanol–water partition coefficient (Wildman–Crippen LogP) is 20.3.